The summed E-state index contributed by atoms with van der Waals surface area (Å²) in [6, 6.07) is 14.9. The summed E-state index contributed by atoms with van der Waals surface area (Å²) in [5, 5.41) is 5.96. The van der Waals surface area contributed by atoms with Gasteiger partial charge in [-0.05, 0) is 45.0 Å². The van der Waals surface area contributed by atoms with Crippen molar-refractivity contribution >= 4 is 17.3 Å². The molecule has 2 aromatic carbocycles. The first-order chi connectivity index (χ1) is 13.1. The molecular weight excluding hydrogens is 344 g/mol. The minimum atomic E-state index is -0.142. The minimum absolute atomic E-state index is 0.103. The van der Waals surface area contributed by atoms with Crippen molar-refractivity contribution in [3.63, 3.8) is 0 Å². The number of benzene rings is 2. The summed E-state index contributed by atoms with van der Waals surface area (Å²) in [7, 11) is 0. The fourth-order valence-corrected chi connectivity index (χ4v) is 2.37. The fourth-order valence-electron chi connectivity index (χ4n) is 2.37. The van der Waals surface area contributed by atoms with E-state index in [9.17, 15) is 4.79 Å². The van der Waals surface area contributed by atoms with Crippen molar-refractivity contribution in [2.24, 2.45) is 0 Å². The van der Waals surface area contributed by atoms with Crippen molar-refractivity contribution in [3.8, 4) is 11.5 Å². The van der Waals surface area contributed by atoms with E-state index in [1.54, 1.807) is 6.07 Å². The lowest BCUT2D eigenvalue weighted by Crippen LogP contribution is -2.21. The van der Waals surface area contributed by atoms with Crippen LogP contribution in [-0.2, 0) is 9.53 Å². The Hall–Kier alpha value is -2.73. The molecule has 0 saturated heterocycles. The van der Waals surface area contributed by atoms with E-state index in [4.69, 9.17) is 14.2 Å². The van der Waals surface area contributed by atoms with E-state index in [-0.39, 0.29) is 18.6 Å². The molecule has 0 saturated carbocycles. The monoisotopic (exact) mass is 372 g/mol. The molecule has 0 aliphatic carbocycles. The normalized spacial score (nSPS) is 10.5. The van der Waals surface area contributed by atoms with Crippen molar-refractivity contribution in [2.75, 3.05) is 37.0 Å². The van der Waals surface area contributed by atoms with Crippen LogP contribution in [-0.4, -0.2) is 38.4 Å². The SMILES string of the molecule is CCOCCOc1cccc(NC(=O)CNc2cccc(OC(C)C)c2)c1. The first-order valence-electron chi connectivity index (χ1n) is 9.18. The lowest BCUT2D eigenvalue weighted by molar-refractivity contribution is -0.114. The number of carbonyl (C=O) groups is 1. The van der Waals surface area contributed by atoms with Gasteiger partial charge in [-0.15, -0.1) is 0 Å². The molecule has 1 amide bonds. The third-order valence-electron chi connectivity index (χ3n) is 3.48. The molecule has 0 aliphatic heterocycles. The molecule has 0 bridgehead atoms. The largest absolute Gasteiger partial charge is 0.491 e. The molecule has 2 aromatic rings. The van der Waals surface area contributed by atoms with Crippen molar-refractivity contribution in [1.82, 2.24) is 0 Å². The Morgan fingerprint density at radius 1 is 1.00 bits per heavy atom. The Kier molecular flexibility index (Phi) is 8.45. The number of hydrogen-bond acceptors (Lipinski definition) is 5. The van der Waals surface area contributed by atoms with Gasteiger partial charge in [-0.25, -0.2) is 0 Å². The standard InChI is InChI=1S/C21H28N2O4/c1-4-25-11-12-26-19-9-6-8-18(14-19)23-21(24)15-22-17-7-5-10-20(13-17)27-16(2)3/h5-10,13-14,16,22H,4,11-12,15H2,1-3H3,(H,23,24). The van der Waals surface area contributed by atoms with Gasteiger partial charge in [0, 0.05) is 30.1 Å². The average Bonchev–Trinajstić information content (AvgIpc) is 2.64. The first-order valence-corrected chi connectivity index (χ1v) is 9.18. The van der Waals surface area contributed by atoms with Crippen LogP contribution in [0.2, 0.25) is 0 Å². The lowest BCUT2D eigenvalue weighted by Gasteiger charge is -2.12. The van der Waals surface area contributed by atoms with Crippen molar-refractivity contribution in [2.45, 2.75) is 26.9 Å². The Labute approximate surface area is 160 Å². The van der Waals surface area contributed by atoms with Crippen LogP contribution in [0, 0.1) is 0 Å². The molecule has 27 heavy (non-hydrogen) atoms. The molecule has 0 heterocycles. The molecule has 6 nitrogen and oxygen atoms in total. The Bertz CT molecular complexity index is 719. The minimum Gasteiger partial charge on any atom is -0.491 e. The van der Waals surface area contributed by atoms with Gasteiger partial charge in [0.25, 0.3) is 0 Å². The van der Waals surface area contributed by atoms with Crippen molar-refractivity contribution in [1.29, 1.82) is 0 Å². The predicted molar refractivity (Wildman–Crippen MR) is 108 cm³/mol. The summed E-state index contributed by atoms with van der Waals surface area (Å²) in [4.78, 5) is 12.2. The van der Waals surface area contributed by atoms with Crippen molar-refractivity contribution < 1.29 is 19.0 Å². The van der Waals surface area contributed by atoms with E-state index in [2.05, 4.69) is 10.6 Å². The van der Waals surface area contributed by atoms with Gasteiger partial charge in [0.05, 0.1) is 19.3 Å². The zero-order chi connectivity index (χ0) is 19.5. The summed E-state index contributed by atoms with van der Waals surface area (Å²) in [5.74, 6) is 1.32. The predicted octanol–water partition coefficient (Wildman–Crippen LogP) is 3.94. The van der Waals surface area contributed by atoms with Crippen LogP contribution >= 0.6 is 0 Å². The second kappa shape index (κ2) is 11.1. The number of anilines is 2. The maximum atomic E-state index is 12.2. The van der Waals surface area contributed by atoms with Crippen molar-refractivity contribution in [3.05, 3.63) is 48.5 Å². The van der Waals surface area contributed by atoms with Gasteiger partial charge in [-0.2, -0.15) is 0 Å². The molecule has 0 radical (unpaired) electrons. The first kappa shape index (κ1) is 20.6. The maximum Gasteiger partial charge on any atom is 0.243 e. The van der Waals surface area contributed by atoms with Crippen LogP contribution in [0.4, 0.5) is 11.4 Å². The van der Waals surface area contributed by atoms with Crippen LogP contribution in [0.5, 0.6) is 11.5 Å². The molecule has 2 N–H and O–H groups in total. The van der Waals surface area contributed by atoms with E-state index in [0.29, 0.717) is 31.3 Å². The van der Waals surface area contributed by atoms with Crippen LogP contribution in [0.3, 0.4) is 0 Å². The van der Waals surface area contributed by atoms with Gasteiger partial charge in [0.15, 0.2) is 0 Å². The highest BCUT2D eigenvalue weighted by molar-refractivity contribution is 5.93. The van der Waals surface area contributed by atoms with Crippen LogP contribution in [0.15, 0.2) is 48.5 Å². The third kappa shape index (κ3) is 8.00. The molecule has 0 spiro atoms. The highest BCUT2D eigenvalue weighted by Crippen LogP contribution is 2.19. The van der Waals surface area contributed by atoms with Gasteiger partial charge < -0.3 is 24.8 Å². The van der Waals surface area contributed by atoms with E-state index >= 15 is 0 Å². The molecule has 0 unspecified atom stereocenters. The van der Waals surface area contributed by atoms with Gasteiger partial charge in [-0.1, -0.05) is 12.1 Å². The van der Waals surface area contributed by atoms with Gasteiger partial charge >= 0.3 is 0 Å². The molecule has 0 aromatic heterocycles. The maximum absolute atomic E-state index is 12.2. The Balaban J connectivity index is 1.82. The molecular formula is C21H28N2O4. The Morgan fingerprint density at radius 3 is 2.44 bits per heavy atom. The smallest absolute Gasteiger partial charge is 0.243 e. The molecule has 6 heteroatoms. The summed E-state index contributed by atoms with van der Waals surface area (Å²) >= 11 is 0. The summed E-state index contributed by atoms with van der Waals surface area (Å²) in [6.07, 6.45) is 0.103. The summed E-state index contributed by atoms with van der Waals surface area (Å²) in [5.41, 5.74) is 1.52. The van der Waals surface area contributed by atoms with Crippen LogP contribution < -0.4 is 20.1 Å². The summed E-state index contributed by atoms with van der Waals surface area (Å²) < 4.78 is 16.5. The second-order valence-corrected chi connectivity index (χ2v) is 6.17. The zero-order valence-electron chi connectivity index (χ0n) is 16.2. The number of hydrogen-bond donors (Lipinski definition) is 2. The highest BCUT2D eigenvalue weighted by Gasteiger charge is 2.05. The number of nitrogens with one attached hydrogen (secondary N) is 2. The molecule has 0 atom stereocenters. The molecule has 146 valence electrons. The van der Waals surface area contributed by atoms with Gasteiger partial charge in [-0.3, -0.25) is 4.79 Å². The molecule has 0 aliphatic rings. The van der Waals surface area contributed by atoms with Crippen LogP contribution in [0.25, 0.3) is 0 Å². The second-order valence-electron chi connectivity index (χ2n) is 6.17. The van der Waals surface area contributed by atoms with E-state index in [1.165, 1.54) is 0 Å². The van der Waals surface area contributed by atoms with E-state index in [1.807, 2.05) is 63.2 Å². The van der Waals surface area contributed by atoms with E-state index < -0.39 is 0 Å². The number of rotatable bonds is 11. The number of ether oxygens (including phenoxy) is 3. The van der Waals surface area contributed by atoms with Gasteiger partial charge in [0.2, 0.25) is 5.91 Å². The lowest BCUT2D eigenvalue weighted by atomic mass is 10.3. The summed E-state index contributed by atoms with van der Waals surface area (Å²) in [6.45, 7) is 7.72. The quantitative estimate of drug-likeness (QED) is 0.585. The fraction of sp³-hybridized carbons (Fsp3) is 0.381. The zero-order valence-corrected chi connectivity index (χ0v) is 16.2. The third-order valence-corrected chi connectivity index (χ3v) is 3.48. The Morgan fingerprint density at radius 2 is 1.70 bits per heavy atom. The molecule has 2 rings (SSSR count). The average molecular weight is 372 g/mol. The number of carbonyl (C=O) groups excluding carboxylic acids is 1. The van der Waals surface area contributed by atoms with Gasteiger partial charge in [0.1, 0.15) is 18.1 Å². The molecule has 0 fully saturated rings. The van der Waals surface area contributed by atoms with E-state index in [0.717, 1.165) is 11.4 Å². The highest BCUT2D eigenvalue weighted by atomic mass is 16.5. The van der Waals surface area contributed by atoms with Crippen LogP contribution in [0.1, 0.15) is 20.8 Å². The topological polar surface area (TPSA) is 68.8 Å². The number of amides is 1.